The number of nitrogens with zero attached hydrogens (tertiary/aromatic N) is 3. The molecule has 1 saturated heterocycles. The number of anilines is 1. The standard InChI is InChI=1S/C26H38N4O2S/c1-17(16-26(3,4)5)14-21(31)28-20-11-8-10-19(15-20)23-22(24(32)29(6)7)18(2)27-25-30(23)12-9-13-33-25/h8,10-11,15,17,23H,9,12-14,16H2,1-7H3,(H,28,31). The number of thioether (sulfide) groups is 1. The Morgan fingerprint density at radius 1 is 1.30 bits per heavy atom. The topological polar surface area (TPSA) is 65.0 Å². The predicted octanol–water partition coefficient (Wildman–Crippen LogP) is 5.30. The van der Waals surface area contributed by atoms with Gasteiger partial charge in [0.1, 0.15) is 0 Å². The molecule has 33 heavy (non-hydrogen) atoms. The van der Waals surface area contributed by atoms with Crippen molar-refractivity contribution in [1.29, 1.82) is 0 Å². The second-order valence-electron chi connectivity index (χ2n) is 10.6. The van der Waals surface area contributed by atoms with Crippen molar-refractivity contribution in [2.45, 2.75) is 59.9 Å². The molecule has 0 saturated carbocycles. The Hall–Kier alpha value is -2.28. The normalized spacial score (nSPS) is 19.5. The van der Waals surface area contributed by atoms with Crippen molar-refractivity contribution in [2.75, 3.05) is 31.7 Å². The summed E-state index contributed by atoms with van der Waals surface area (Å²) in [5.41, 5.74) is 3.43. The third-order valence-electron chi connectivity index (χ3n) is 5.88. The lowest BCUT2D eigenvalue weighted by Gasteiger charge is -2.41. The lowest BCUT2D eigenvalue weighted by molar-refractivity contribution is -0.125. The molecule has 3 rings (SSSR count). The molecule has 7 heteroatoms. The molecule has 2 aliphatic rings. The summed E-state index contributed by atoms with van der Waals surface area (Å²) in [6.45, 7) is 11.5. The van der Waals surface area contributed by atoms with Crippen molar-refractivity contribution in [3.8, 4) is 0 Å². The molecule has 180 valence electrons. The Morgan fingerprint density at radius 2 is 2.03 bits per heavy atom. The van der Waals surface area contributed by atoms with Crippen LogP contribution in [0.3, 0.4) is 0 Å². The Morgan fingerprint density at radius 3 is 2.70 bits per heavy atom. The summed E-state index contributed by atoms with van der Waals surface area (Å²) in [6, 6.07) is 7.72. The molecule has 2 amide bonds. The van der Waals surface area contributed by atoms with Crippen LogP contribution in [-0.2, 0) is 9.59 Å². The average molecular weight is 471 g/mol. The molecular formula is C26H38N4O2S. The van der Waals surface area contributed by atoms with Crippen molar-refractivity contribution in [2.24, 2.45) is 16.3 Å². The van der Waals surface area contributed by atoms with E-state index in [0.717, 1.165) is 47.3 Å². The van der Waals surface area contributed by atoms with Gasteiger partial charge >= 0.3 is 0 Å². The van der Waals surface area contributed by atoms with Gasteiger partial charge in [-0.25, -0.2) is 4.99 Å². The number of amidine groups is 1. The number of carbonyl (C=O) groups excluding carboxylic acids is 2. The SMILES string of the molecule is CC1=C(C(=O)N(C)C)C(c2cccc(NC(=O)CC(C)CC(C)(C)C)c2)N2CCCSC2=N1. The van der Waals surface area contributed by atoms with Gasteiger partial charge in [0.25, 0.3) is 5.91 Å². The van der Waals surface area contributed by atoms with E-state index in [1.165, 1.54) is 0 Å². The second kappa shape index (κ2) is 10.3. The van der Waals surface area contributed by atoms with Crippen LogP contribution >= 0.6 is 11.8 Å². The Bertz CT molecular complexity index is 961. The first kappa shape index (κ1) is 25.3. The molecule has 0 aromatic heterocycles. The first-order valence-corrected chi connectivity index (χ1v) is 12.7. The van der Waals surface area contributed by atoms with E-state index >= 15 is 0 Å². The summed E-state index contributed by atoms with van der Waals surface area (Å²) in [5.74, 6) is 1.35. The lowest BCUT2D eigenvalue weighted by Crippen LogP contribution is -2.43. The summed E-state index contributed by atoms with van der Waals surface area (Å²) in [7, 11) is 3.55. The van der Waals surface area contributed by atoms with E-state index in [0.29, 0.717) is 17.9 Å². The van der Waals surface area contributed by atoms with Gasteiger partial charge < -0.3 is 15.1 Å². The molecule has 2 atom stereocenters. The molecule has 1 N–H and O–H groups in total. The van der Waals surface area contributed by atoms with E-state index in [2.05, 4.69) is 37.9 Å². The minimum absolute atomic E-state index is 0.0266. The Labute approximate surface area is 202 Å². The fourth-order valence-electron chi connectivity index (χ4n) is 4.76. The van der Waals surface area contributed by atoms with Gasteiger partial charge in [0.15, 0.2) is 5.17 Å². The molecule has 1 aromatic carbocycles. The highest BCUT2D eigenvalue weighted by Gasteiger charge is 2.37. The highest BCUT2D eigenvalue weighted by Crippen LogP contribution is 2.40. The van der Waals surface area contributed by atoms with Gasteiger partial charge in [-0.05, 0) is 48.8 Å². The number of allylic oxidation sites excluding steroid dienone is 1. The first-order chi connectivity index (χ1) is 15.5. The molecule has 0 aliphatic carbocycles. The van der Waals surface area contributed by atoms with E-state index in [4.69, 9.17) is 4.99 Å². The summed E-state index contributed by atoms with van der Waals surface area (Å²) in [5, 5.41) is 4.06. The van der Waals surface area contributed by atoms with Crippen LogP contribution in [0.2, 0.25) is 0 Å². The number of aliphatic imine (C=N–C) groups is 1. The van der Waals surface area contributed by atoms with Crippen LogP contribution in [0.25, 0.3) is 0 Å². The van der Waals surface area contributed by atoms with Crippen molar-refractivity contribution < 1.29 is 9.59 Å². The van der Waals surface area contributed by atoms with E-state index in [1.807, 2.05) is 31.2 Å². The highest BCUT2D eigenvalue weighted by molar-refractivity contribution is 8.13. The molecule has 1 fully saturated rings. The Balaban J connectivity index is 1.87. The van der Waals surface area contributed by atoms with E-state index in [9.17, 15) is 9.59 Å². The second-order valence-corrected chi connectivity index (χ2v) is 11.7. The monoisotopic (exact) mass is 470 g/mol. The van der Waals surface area contributed by atoms with Gasteiger partial charge in [-0.15, -0.1) is 0 Å². The van der Waals surface area contributed by atoms with Crippen LogP contribution in [0.5, 0.6) is 0 Å². The molecule has 0 radical (unpaired) electrons. The summed E-state index contributed by atoms with van der Waals surface area (Å²) >= 11 is 1.74. The van der Waals surface area contributed by atoms with Crippen LogP contribution < -0.4 is 5.32 Å². The molecule has 1 aromatic rings. The van der Waals surface area contributed by atoms with Crippen LogP contribution in [0.1, 0.15) is 65.5 Å². The average Bonchev–Trinajstić information content (AvgIpc) is 2.70. The number of likely N-dealkylation sites (N-methyl/N-ethyl adjacent to an activating group) is 1. The zero-order chi connectivity index (χ0) is 24.3. The van der Waals surface area contributed by atoms with Crippen LogP contribution in [-0.4, -0.2) is 53.2 Å². The zero-order valence-corrected chi connectivity index (χ0v) is 21.9. The summed E-state index contributed by atoms with van der Waals surface area (Å²) in [6.07, 6.45) is 2.54. The van der Waals surface area contributed by atoms with Crippen LogP contribution in [0.4, 0.5) is 5.69 Å². The minimum Gasteiger partial charge on any atom is -0.345 e. The van der Waals surface area contributed by atoms with E-state index in [-0.39, 0.29) is 23.3 Å². The molecular weight excluding hydrogens is 432 g/mol. The fourth-order valence-corrected chi connectivity index (χ4v) is 5.78. The molecule has 6 nitrogen and oxygen atoms in total. The molecule has 2 aliphatic heterocycles. The number of rotatable bonds is 6. The number of hydrogen-bond donors (Lipinski definition) is 1. The number of nitrogens with one attached hydrogen (secondary N) is 1. The Kier molecular flexibility index (Phi) is 7.93. The molecule has 0 spiro atoms. The van der Waals surface area contributed by atoms with Crippen molar-refractivity contribution in [3.05, 3.63) is 41.1 Å². The maximum Gasteiger partial charge on any atom is 0.253 e. The zero-order valence-electron chi connectivity index (χ0n) is 21.1. The van der Waals surface area contributed by atoms with Gasteiger partial charge in [0, 0.05) is 38.5 Å². The number of fused-ring (bicyclic) bond motifs is 1. The molecule has 2 unspecified atom stereocenters. The predicted molar refractivity (Wildman–Crippen MR) is 138 cm³/mol. The lowest BCUT2D eigenvalue weighted by atomic mass is 9.84. The quantitative estimate of drug-likeness (QED) is 0.613. The van der Waals surface area contributed by atoms with Gasteiger partial charge in [0.05, 0.1) is 17.3 Å². The first-order valence-electron chi connectivity index (χ1n) is 11.8. The van der Waals surface area contributed by atoms with Crippen molar-refractivity contribution in [1.82, 2.24) is 9.80 Å². The van der Waals surface area contributed by atoms with Gasteiger partial charge in [-0.2, -0.15) is 0 Å². The van der Waals surface area contributed by atoms with Crippen LogP contribution in [0, 0.1) is 11.3 Å². The van der Waals surface area contributed by atoms with Gasteiger partial charge in [-0.3, -0.25) is 9.59 Å². The molecule has 2 heterocycles. The van der Waals surface area contributed by atoms with E-state index < -0.39 is 0 Å². The number of amides is 2. The van der Waals surface area contributed by atoms with Gasteiger partial charge in [-0.1, -0.05) is 51.6 Å². The smallest absolute Gasteiger partial charge is 0.253 e. The summed E-state index contributed by atoms with van der Waals surface area (Å²) < 4.78 is 0. The van der Waals surface area contributed by atoms with Crippen LogP contribution in [0.15, 0.2) is 40.5 Å². The number of carbonyl (C=O) groups is 2. The third-order valence-corrected chi connectivity index (χ3v) is 6.95. The van der Waals surface area contributed by atoms with Crippen molar-refractivity contribution >= 4 is 34.4 Å². The largest absolute Gasteiger partial charge is 0.345 e. The highest BCUT2D eigenvalue weighted by atomic mass is 32.2. The molecule has 0 bridgehead atoms. The van der Waals surface area contributed by atoms with E-state index in [1.54, 1.807) is 30.8 Å². The number of hydrogen-bond acceptors (Lipinski definition) is 5. The maximum atomic E-state index is 13.2. The third kappa shape index (κ3) is 6.40. The maximum absolute atomic E-state index is 13.2. The summed E-state index contributed by atoms with van der Waals surface area (Å²) in [4.78, 5) is 34.5. The minimum atomic E-state index is -0.211. The van der Waals surface area contributed by atoms with Crippen molar-refractivity contribution in [3.63, 3.8) is 0 Å². The van der Waals surface area contributed by atoms with Gasteiger partial charge in [0.2, 0.25) is 5.91 Å². The fraction of sp³-hybridized carbons (Fsp3) is 0.577. The number of benzene rings is 1.